The molecule has 1 aliphatic carbocycles. The van der Waals surface area contributed by atoms with Crippen molar-refractivity contribution < 1.29 is 0 Å². The Morgan fingerprint density at radius 2 is 1.78 bits per heavy atom. The lowest BCUT2D eigenvalue weighted by Gasteiger charge is -2.44. The molecule has 132 valence electrons. The maximum atomic E-state index is 4.58. The Kier molecular flexibility index (Phi) is 6.13. The molecule has 0 aromatic carbocycles. The molecule has 0 bridgehead atoms. The Balaban J connectivity index is 1.59. The van der Waals surface area contributed by atoms with Crippen molar-refractivity contribution in [1.82, 2.24) is 15.1 Å². The van der Waals surface area contributed by atoms with Gasteiger partial charge in [-0.25, -0.2) is 0 Å². The second-order valence-corrected chi connectivity index (χ2v) is 8.83. The van der Waals surface area contributed by atoms with E-state index in [1.165, 1.54) is 63.1 Å². The lowest BCUT2D eigenvalue weighted by molar-refractivity contribution is 0.106. The third kappa shape index (κ3) is 4.16. The number of guanidine groups is 1. The molecule has 0 aromatic rings. The third-order valence-electron chi connectivity index (χ3n) is 6.09. The monoisotopic (exact) mass is 338 g/mol. The second-order valence-electron chi connectivity index (χ2n) is 7.60. The molecule has 5 heteroatoms. The molecule has 1 N–H and O–H groups in total. The summed E-state index contributed by atoms with van der Waals surface area (Å²) in [6.45, 7) is 8.31. The van der Waals surface area contributed by atoms with Crippen molar-refractivity contribution in [1.29, 1.82) is 0 Å². The highest BCUT2D eigenvalue weighted by molar-refractivity contribution is 7.99. The van der Waals surface area contributed by atoms with Crippen molar-refractivity contribution in [2.75, 3.05) is 51.3 Å². The first-order chi connectivity index (χ1) is 11.2. The number of thioether (sulfide) groups is 1. The van der Waals surface area contributed by atoms with Crippen LogP contribution in [0.2, 0.25) is 0 Å². The van der Waals surface area contributed by atoms with Gasteiger partial charge in [-0.2, -0.15) is 11.8 Å². The lowest BCUT2D eigenvalue weighted by Crippen LogP contribution is -2.58. The van der Waals surface area contributed by atoms with E-state index in [1.54, 1.807) is 0 Å². The van der Waals surface area contributed by atoms with Gasteiger partial charge in [0.2, 0.25) is 0 Å². The molecule has 2 aliphatic heterocycles. The van der Waals surface area contributed by atoms with Crippen molar-refractivity contribution in [2.45, 2.75) is 51.0 Å². The molecule has 0 unspecified atom stereocenters. The lowest BCUT2D eigenvalue weighted by atomic mass is 9.94. The molecule has 0 spiro atoms. The molecule has 0 radical (unpaired) electrons. The fourth-order valence-corrected chi connectivity index (χ4v) is 5.37. The highest BCUT2D eigenvalue weighted by atomic mass is 32.2. The van der Waals surface area contributed by atoms with Crippen molar-refractivity contribution in [2.24, 2.45) is 10.9 Å². The van der Waals surface area contributed by atoms with Crippen LogP contribution in [0.4, 0.5) is 0 Å². The number of nitrogens with one attached hydrogen (secondary N) is 1. The van der Waals surface area contributed by atoms with E-state index in [4.69, 9.17) is 0 Å². The smallest absolute Gasteiger partial charge is 0.193 e. The molecular weight excluding hydrogens is 304 g/mol. The molecular formula is C18H34N4S. The average Bonchev–Trinajstić information content (AvgIpc) is 3.08. The second kappa shape index (κ2) is 8.11. The molecule has 3 aliphatic rings. The summed E-state index contributed by atoms with van der Waals surface area (Å²) in [6.07, 6.45) is 8.11. The van der Waals surface area contributed by atoms with Crippen LogP contribution in [0.3, 0.4) is 0 Å². The molecule has 0 atom stereocenters. The summed E-state index contributed by atoms with van der Waals surface area (Å²) in [5, 5.41) is 3.76. The minimum Gasteiger partial charge on any atom is -0.354 e. The zero-order valence-corrected chi connectivity index (χ0v) is 15.8. The van der Waals surface area contributed by atoms with Gasteiger partial charge < -0.3 is 10.2 Å². The summed E-state index contributed by atoms with van der Waals surface area (Å²) in [4.78, 5) is 9.84. The van der Waals surface area contributed by atoms with E-state index in [0.29, 0.717) is 5.54 Å². The molecule has 23 heavy (non-hydrogen) atoms. The molecule has 3 rings (SSSR count). The number of rotatable bonds is 3. The number of hydrogen-bond acceptors (Lipinski definition) is 3. The summed E-state index contributed by atoms with van der Waals surface area (Å²) >= 11 is 2.11. The van der Waals surface area contributed by atoms with Crippen molar-refractivity contribution >= 4 is 17.7 Å². The van der Waals surface area contributed by atoms with Gasteiger partial charge in [-0.1, -0.05) is 19.8 Å². The quantitative estimate of drug-likeness (QED) is 0.633. The normalized spacial score (nSPS) is 27.4. The average molecular weight is 339 g/mol. The Labute approximate surface area is 146 Å². The first kappa shape index (κ1) is 17.4. The van der Waals surface area contributed by atoms with Crippen LogP contribution in [0.15, 0.2) is 4.99 Å². The van der Waals surface area contributed by atoms with Crippen LogP contribution in [0.25, 0.3) is 0 Å². The number of hydrogen-bond donors (Lipinski definition) is 1. The summed E-state index contributed by atoms with van der Waals surface area (Å²) < 4.78 is 0. The van der Waals surface area contributed by atoms with E-state index in [0.717, 1.165) is 31.5 Å². The van der Waals surface area contributed by atoms with Crippen LogP contribution in [0, 0.1) is 5.92 Å². The molecule has 0 amide bonds. The molecule has 4 nitrogen and oxygen atoms in total. The van der Waals surface area contributed by atoms with Crippen LogP contribution in [-0.4, -0.2) is 72.6 Å². The van der Waals surface area contributed by atoms with Gasteiger partial charge in [-0.15, -0.1) is 0 Å². The Hall–Kier alpha value is -0.420. The standard InChI is InChI=1S/C18H34N4S/c1-16-5-9-21(10-6-16)17(19-2)20-15-18(7-3-4-8-18)22-11-13-23-14-12-22/h16H,3-15H2,1-2H3,(H,19,20). The van der Waals surface area contributed by atoms with Gasteiger partial charge in [0, 0.05) is 56.8 Å². The fourth-order valence-electron chi connectivity index (χ4n) is 4.47. The van der Waals surface area contributed by atoms with Crippen LogP contribution in [0.5, 0.6) is 0 Å². The summed E-state index contributed by atoms with van der Waals surface area (Å²) in [5.74, 6) is 4.62. The minimum atomic E-state index is 0.389. The first-order valence-corrected chi connectivity index (χ1v) is 10.7. The van der Waals surface area contributed by atoms with Gasteiger partial charge in [0.1, 0.15) is 0 Å². The molecule has 2 heterocycles. The summed E-state index contributed by atoms with van der Waals surface area (Å²) in [6, 6.07) is 0. The highest BCUT2D eigenvalue weighted by Crippen LogP contribution is 2.36. The zero-order chi connectivity index (χ0) is 16.1. The van der Waals surface area contributed by atoms with Gasteiger partial charge in [0.25, 0.3) is 0 Å². The molecule has 3 fully saturated rings. The number of piperidine rings is 1. The largest absolute Gasteiger partial charge is 0.354 e. The van der Waals surface area contributed by atoms with Crippen LogP contribution >= 0.6 is 11.8 Å². The highest BCUT2D eigenvalue weighted by Gasteiger charge is 2.40. The van der Waals surface area contributed by atoms with Crippen LogP contribution in [0.1, 0.15) is 45.4 Å². The number of nitrogens with zero attached hydrogens (tertiary/aromatic N) is 3. The van der Waals surface area contributed by atoms with Gasteiger partial charge in [-0.05, 0) is 31.6 Å². The number of aliphatic imine (C=N–C) groups is 1. The molecule has 1 saturated carbocycles. The summed E-state index contributed by atoms with van der Waals surface area (Å²) in [5.41, 5.74) is 0.389. The van der Waals surface area contributed by atoms with Gasteiger partial charge in [-0.3, -0.25) is 9.89 Å². The zero-order valence-electron chi connectivity index (χ0n) is 15.0. The fraction of sp³-hybridized carbons (Fsp3) is 0.944. The van der Waals surface area contributed by atoms with E-state index in [9.17, 15) is 0 Å². The first-order valence-electron chi connectivity index (χ1n) is 9.52. The van der Waals surface area contributed by atoms with Crippen molar-refractivity contribution in [3.8, 4) is 0 Å². The van der Waals surface area contributed by atoms with Gasteiger partial charge in [0.15, 0.2) is 5.96 Å². The topological polar surface area (TPSA) is 30.9 Å². The van der Waals surface area contributed by atoms with E-state index in [2.05, 4.69) is 38.8 Å². The Bertz CT molecular complexity index is 392. The van der Waals surface area contributed by atoms with E-state index < -0.39 is 0 Å². The molecule has 0 aromatic heterocycles. The summed E-state index contributed by atoms with van der Waals surface area (Å²) in [7, 11) is 1.94. The van der Waals surface area contributed by atoms with Crippen molar-refractivity contribution in [3.63, 3.8) is 0 Å². The van der Waals surface area contributed by atoms with Gasteiger partial charge in [0.05, 0.1) is 0 Å². The van der Waals surface area contributed by atoms with Gasteiger partial charge >= 0.3 is 0 Å². The Morgan fingerprint density at radius 1 is 1.13 bits per heavy atom. The SMILES string of the molecule is CN=C(NCC1(N2CCSCC2)CCCC1)N1CCC(C)CC1. The maximum absolute atomic E-state index is 4.58. The van der Waals surface area contributed by atoms with Crippen LogP contribution in [-0.2, 0) is 0 Å². The maximum Gasteiger partial charge on any atom is 0.193 e. The minimum absolute atomic E-state index is 0.389. The number of likely N-dealkylation sites (tertiary alicyclic amines) is 1. The van der Waals surface area contributed by atoms with E-state index in [1.807, 2.05) is 7.05 Å². The Morgan fingerprint density at radius 3 is 2.39 bits per heavy atom. The predicted octanol–water partition coefficient (Wildman–Crippen LogP) is 2.66. The molecule has 2 saturated heterocycles. The predicted molar refractivity (Wildman–Crippen MR) is 101 cm³/mol. The van der Waals surface area contributed by atoms with E-state index in [-0.39, 0.29) is 0 Å². The van der Waals surface area contributed by atoms with Crippen molar-refractivity contribution in [3.05, 3.63) is 0 Å². The third-order valence-corrected chi connectivity index (χ3v) is 7.03. The van der Waals surface area contributed by atoms with Crippen LogP contribution < -0.4 is 5.32 Å². The van der Waals surface area contributed by atoms with E-state index >= 15 is 0 Å².